The Kier molecular flexibility index (Phi) is 9.07. The first kappa shape index (κ1) is 26.3. The van der Waals surface area contributed by atoms with Crippen molar-refractivity contribution in [1.82, 2.24) is 0 Å². The quantitative estimate of drug-likeness (QED) is 0.323. The van der Waals surface area contributed by atoms with E-state index in [4.69, 9.17) is 0 Å². The van der Waals surface area contributed by atoms with E-state index in [9.17, 15) is 13.2 Å². The lowest BCUT2D eigenvalue weighted by molar-refractivity contribution is 0.349. The fourth-order valence-electron chi connectivity index (χ4n) is 5.32. The Balaban J connectivity index is 1.38. The molecule has 3 heteroatoms. The fourth-order valence-corrected chi connectivity index (χ4v) is 5.32. The summed E-state index contributed by atoms with van der Waals surface area (Å²) in [6, 6.07) is 7.55. The molecule has 0 spiro atoms. The van der Waals surface area contributed by atoms with Crippen LogP contribution in [0.5, 0.6) is 0 Å². The molecule has 3 unspecified atom stereocenters. The molecule has 0 N–H and O–H groups in total. The van der Waals surface area contributed by atoms with E-state index >= 15 is 0 Å². The van der Waals surface area contributed by atoms with Crippen molar-refractivity contribution >= 4 is 11.6 Å². The third kappa shape index (κ3) is 6.30. The molecule has 0 fully saturated rings. The minimum Gasteiger partial charge on any atom is -0.208 e. The van der Waals surface area contributed by atoms with Gasteiger partial charge in [-0.3, -0.25) is 0 Å². The first-order valence-electron chi connectivity index (χ1n) is 13.5. The van der Waals surface area contributed by atoms with Gasteiger partial charge in [-0.1, -0.05) is 105 Å². The van der Waals surface area contributed by atoms with Crippen LogP contribution in [0.4, 0.5) is 13.2 Å². The maximum Gasteiger partial charge on any atom is 0.161 e. The molecule has 0 nitrogen and oxygen atoms in total. The molecule has 4 rings (SSSR count). The van der Waals surface area contributed by atoms with Gasteiger partial charge in [0.25, 0.3) is 0 Å². The number of hydrogen-bond acceptors (Lipinski definition) is 0. The van der Waals surface area contributed by atoms with Gasteiger partial charge >= 0.3 is 0 Å². The Morgan fingerprint density at radius 2 is 1.69 bits per heavy atom. The zero-order chi connectivity index (χ0) is 25.5. The van der Waals surface area contributed by atoms with E-state index in [1.54, 1.807) is 24.3 Å². The molecule has 1 aromatic rings. The highest BCUT2D eigenvalue weighted by molar-refractivity contribution is 5.78. The first-order chi connectivity index (χ1) is 17.5. The summed E-state index contributed by atoms with van der Waals surface area (Å²) in [4.78, 5) is 0. The molecule has 36 heavy (non-hydrogen) atoms. The molecule has 0 saturated heterocycles. The van der Waals surface area contributed by atoms with E-state index in [0.29, 0.717) is 12.0 Å². The lowest BCUT2D eigenvalue weighted by Crippen LogP contribution is -2.18. The van der Waals surface area contributed by atoms with Crippen molar-refractivity contribution in [2.75, 3.05) is 0 Å². The van der Waals surface area contributed by atoms with Gasteiger partial charge in [0.1, 0.15) is 11.7 Å². The zero-order valence-electron chi connectivity index (χ0n) is 21.5. The molecule has 3 aliphatic rings. The van der Waals surface area contributed by atoms with Crippen LogP contribution in [0.2, 0.25) is 0 Å². The van der Waals surface area contributed by atoms with E-state index in [0.717, 1.165) is 56.1 Å². The van der Waals surface area contributed by atoms with Crippen molar-refractivity contribution < 1.29 is 13.2 Å². The zero-order valence-corrected chi connectivity index (χ0v) is 21.5. The Morgan fingerprint density at radius 1 is 0.889 bits per heavy atom. The van der Waals surface area contributed by atoms with E-state index < -0.39 is 17.6 Å². The highest BCUT2D eigenvalue weighted by atomic mass is 19.2. The summed E-state index contributed by atoms with van der Waals surface area (Å²) in [7, 11) is 0. The van der Waals surface area contributed by atoms with Gasteiger partial charge in [0, 0.05) is 17.1 Å². The molecule has 0 saturated carbocycles. The number of benzene rings is 1. The summed E-state index contributed by atoms with van der Waals surface area (Å²) in [5, 5.41) is 0. The lowest BCUT2D eigenvalue weighted by Gasteiger charge is -2.27. The number of rotatable bonds is 9. The van der Waals surface area contributed by atoms with E-state index in [2.05, 4.69) is 26.0 Å². The predicted octanol–water partition coefficient (Wildman–Crippen LogP) is 10.5. The summed E-state index contributed by atoms with van der Waals surface area (Å²) < 4.78 is 44.5. The molecule has 3 atom stereocenters. The van der Waals surface area contributed by atoms with Gasteiger partial charge in [-0.05, 0) is 61.1 Å². The monoisotopic (exact) mass is 490 g/mol. The summed E-state index contributed by atoms with van der Waals surface area (Å²) in [5.74, 6) is -1.71. The van der Waals surface area contributed by atoms with Crippen LogP contribution in [0.3, 0.4) is 0 Å². The molecule has 1 aromatic carbocycles. The maximum absolute atomic E-state index is 15.0. The smallest absolute Gasteiger partial charge is 0.161 e. The Morgan fingerprint density at radius 3 is 2.36 bits per heavy atom. The maximum atomic E-state index is 15.0. The van der Waals surface area contributed by atoms with Crippen molar-refractivity contribution in [2.45, 2.75) is 65.2 Å². The van der Waals surface area contributed by atoms with Crippen LogP contribution in [0.1, 0.15) is 76.3 Å². The minimum absolute atomic E-state index is 0.00357. The van der Waals surface area contributed by atoms with E-state index in [1.807, 2.05) is 36.4 Å². The molecule has 3 aliphatic carbocycles. The third-order valence-corrected chi connectivity index (χ3v) is 7.52. The Labute approximate surface area is 214 Å². The largest absolute Gasteiger partial charge is 0.208 e. The lowest BCUT2D eigenvalue weighted by atomic mass is 9.79. The van der Waals surface area contributed by atoms with Gasteiger partial charge in [0.2, 0.25) is 0 Å². The van der Waals surface area contributed by atoms with E-state index in [-0.39, 0.29) is 23.2 Å². The molecule has 0 bridgehead atoms. The van der Waals surface area contributed by atoms with Crippen LogP contribution < -0.4 is 0 Å². The molecule has 0 radical (unpaired) electrons. The second kappa shape index (κ2) is 12.4. The third-order valence-electron chi connectivity index (χ3n) is 7.52. The first-order valence-corrected chi connectivity index (χ1v) is 13.5. The molecule has 0 aliphatic heterocycles. The van der Waals surface area contributed by atoms with Crippen molar-refractivity contribution in [3.8, 4) is 0 Å². The van der Waals surface area contributed by atoms with Crippen LogP contribution in [-0.4, -0.2) is 0 Å². The van der Waals surface area contributed by atoms with Crippen molar-refractivity contribution in [1.29, 1.82) is 0 Å². The molecule has 0 aromatic heterocycles. The standard InChI is InChI=1S/C33H37F3/c1-3-5-7-25-13-20-29(31(34)22-25)26-14-10-24(11-15-26)12-18-28-19-21-30(33(36)32(28)35)27-16-8-23(6-4-2)9-17-27/h8-12,14-16,18-20,22,25,27,30H,3-7,13,17,21H2,1-2H3/b18-12+. The SMILES string of the molecule is CCCCC1C=C(F)C(c2ccc(/C=C/C3=CCC(C4C=CC(CCC)=CC4)C(F)=C3F)cc2)=CC1. The molecule has 0 heterocycles. The molecule has 0 amide bonds. The van der Waals surface area contributed by atoms with Crippen molar-refractivity contribution in [3.05, 3.63) is 107 Å². The second-order valence-electron chi connectivity index (χ2n) is 10.2. The molecular formula is C33H37F3. The topological polar surface area (TPSA) is 0 Å². The fraction of sp³-hybridized carbons (Fsp3) is 0.394. The van der Waals surface area contributed by atoms with Gasteiger partial charge in [-0.25, -0.2) is 13.2 Å². The van der Waals surface area contributed by atoms with Crippen LogP contribution in [-0.2, 0) is 0 Å². The van der Waals surface area contributed by atoms with Gasteiger partial charge in [0.05, 0.1) is 0 Å². The van der Waals surface area contributed by atoms with E-state index in [1.165, 1.54) is 5.57 Å². The number of hydrogen-bond donors (Lipinski definition) is 0. The number of allylic oxidation sites excluding steroid dienone is 13. The highest BCUT2D eigenvalue weighted by Crippen LogP contribution is 2.40. The number of unbranched alkanes of at least 4 members (excludes halogenated alkanes) is 1. The van der Waals surface area contributed by atoms with Crippen molar-refractivity contribution in [3.63, 3.8) is 0 Å². The average Bonchev–Trinajstić information content (AvgIpc) is 2.90. The van der Waals surface area contributed by atoms with Gasteiger partial charge in [0.15, 0.2) is 5.83 Å². The summed E-state index contributed by atoms with van der Waals surface area (Å²) in [6.07, 6.45) is 22.7. The van der Waals surface area contributed by atoms with Crippen molar-refractivity contribution in [2.24, 2.45) is 17.8 Å². The Hall–Kier alpha value is -2.81. The summed E-state index contributed by atoms with van der Waals surface area (Å²) in [5.41, 5.74) is 3.92. The molecule has 190 valence electrons. The van der Waals surface area contributed by atoms with Gasteiger partial charge < -0.3 is 0 Å². The molecular weight excluding hydrogens is 453 g/mol. The van der Waals surface area contributed by atoms with Crippen LogP contribution in [0.25, 0.3) is 11.6 Å². The normalized spacial score (nSPS) is 24.5. The van der Waals surface area contributed by atoms with Gasteiger partial charge in [-0.2, -0.15) is 0 Å². The van der Waals surface area contributed by atoms with Crippen LogP contribution in [0.15, 0.2) is 95.4 Å². The summed E-state index contributed by atoms with van der Waals surface area (Å²) >= 11 is 0. The highest BCUT2D eigenvalue weighted by Gasteiger charge is 2.30. The second-order valence-corrected chi connectivity index (χ2v) is 10.2. The van der Waals surface area contributed by atoms with Gasteiger partial charge in [-0.15, -0.1) is 0 Å². The number of halogens is 3. The summed E-state index contributed by atoms with van der Waals surface area (Å²) in [6.45, 7) is 4.29. The predicted molar refractivity (Wildman–Crippen MR) is 146 cm³/mol. The van der Waals surface area contributed by atoms with Crippen LogP contribution >= 0.6 is 0 Å². The Bertz CT molecular complexity index is 1140. The van der Waals surface area contributed by atoms with Crippen LogP contribution in [0, 0.1) is 17.8 Å². The average molecular weight is 491 g/mol. The minimum atomic E-state index is -0.756.